The summed E-state index contributed by atoms with van der Waals surface area (Å²) in [6.45, 7) is 5.44. The fourth-order valence-corrected chi connectivity index (χ4v) is 5.24. The molecule has 1 aromatic rings. The van der Waals surface area contributed by atoms with Gasteiger partial charge in [-0.25, -0.2) is 0 Å². The number of amides is 2. The van der Waals surface area contributed by atoms with Gasteiger partial charge < -0.3 is 14.3 Å². The number of aryl methyl sites for hydroxylation is 1. The second-order valence-electron chi connectivity index (χ2n) is 7.91. The lowest BCUT2D eigenvalue weighted by Crippen LogP contribution is -2.65. The molecule has 4 atom stereocenters. The van der Waals surface area contributed by atoms with Gasteiger partial charge in [-0.05, 0) is 44.4 Å². The molecule has 0 radical (unpaired) electrons. The predicted molar refractivity (Wildman–Crippen MR) is 91.9 cm³/mol. The summed E-state index contributed by atoms with van der Waals surface area (Å²) in [6.07, 6.45) is 5.99. The summed E-state index contributed by atoms with van der Waals surface area (Å²) in [5, 5.41) is 3.90. The summed E-state index contributed by atoms with van der Waals surface area (Å²) in [5.41, 5.74) is 0.404. The fourth-order valence-electron chi connectivity index (χ4n) is 5.24. The van der Waals surface area contributed by atoms with Crippen LogP contribution in [0.2, 0.25) is 0 Å². The van der Waals surface area contributed by atoms with Crippen molar-refractivity contribution >= 4 is 11.8 Å². The first-order chi connectivity index (χ1) is 12.1. The SMILES string of the molecule is CCC[C@H]1[C@H]2C[C@H](CN(C(=O)c3cc(C)on3)C2)[C@@H]2CCCC(=O)N21. The third-order valence-corrected chi connectivity index (χ3v) is 6.22. The van der Waals surface area contributed by atoms with Crippen molar-refractivity contribution in [3.63, 3.8) is 0 Å². The lowest BCUT2D eigenvalue weighted by Gasteiger charge is -2.56. The molecule has 6 nitrogen and oxygen atoms in total. The predicted octanol–water partition coefficient (Wildman–Crippen LogP) is 2.62. The third kappa shape index (κ3) is 2.85. The zero-order valence-corrected chi connectivity index (χ0v) is 15.1. The Hall–Kier alpha value is -1.85. The monoisotopic (exact) mass is 345 g/mol. The van der Waals surface area contributed by atoms with Crippen LogP contribution < -0.4 is 0 Å². The van der Waals surface area contributed by atoms with Gasteiger partial charge in [0.05, 0.1) is 0 Å². The summed E-state index contributed by atoms with van der Waals surface area (Å²) < 4.78 is 5.08. The quantitative estimate of drug-likeness (QED) is 0.845. The summed E-state index contributed by atoms with van der Waals surface area (Å²) in [6, 6.07) is 2.31. The van der Waals surface area contributed by atoms with Gasteiger partial charge in [0.2, 0.25) is 5.91 Å². The average Bonchev–Trinajstić information content (AvgIpc) is 3.04. The van der Waals surface area contributed by atoms with Gasteiger partial charge >= 0.3 is 0 Å². The molecule has 136 valence electrons. The third-order valence-electron chi connectivity index (χ3n) is 6.22. The van der Waals surface area contributed by atoms with Crippen molar-refractivity contribution in [3.8, 4) is 0 Å². The van der Waals surface area contributed by atoms with E-state index in [1.54, 1.807) is 13.0 Å². The summed E-state index contributed by atoms with van der Waals surface area (Å²) in [5.74, 6) is 1.74. The standard InChI is InChI=1S/C19H27N3O3/c1-3-5-16-13-9-14(17-6-4-7-18(23)22(16)17)11-21(10-13)19(24)15-8-12(2)25-20-15/h8,13-14,16-17H,3-7,9-11H2,1-2H3/t13-,14+,16-,17-/m0/s1. The Labute approximate surface area is 148 Å². The summed E-state index contributed by atoms with van der Waals surface area (Å²) in [4.78, 5) is 29.6. The van der Waals surface area contributed by atoms with Gasteiger partial charge in [0, 0.05) is 37.7 Å². The first-order valence-electron chi connectivity index (χ1n) is 9.62. The van der Waals surface area contributed by atoms with Gasteiger partial charge in [-0.15, -0.1) is 0 Å². The van der Waals surface area contributed by atoms with E-state index in [2.05, 4.69) is 17.0 Å². The number of piperidine rings is 3. The van der Waals surface area contributed by atoms with Crippen LogP contribution in [0.5, 0.6) is 0 Å². The molecule has 3 aliphatic heterocycles. The Balaban J connectivity index is 1.59. The van der Waals surface area contributed by atoms with Crippen LogP contribution in [0, 0.1) is 18.8 Å². The molecule has 0 N–H and O–H groups in total. The van der Waals surface area contributed by atoms with Crippen LogP contribution in [0.25, 0.3) is 0 Å². The number of nitrogens with zero attached hydrogens (tertiary/aromatic N) is 3. The highest BCUT2D eigenvalue weighted by Crippen LogP contribution is 2.43. The van der Waals surface area contributed by atoms with Crippen molar-refractivity contribution in [2.24, 2.45) is 11.8 Å². The van der Waals surface area contributed by atoms with Gasteiger partial charge in [0.1, 0.15) is 5.76 Å². The molecule has 0 unspecified atom stereocenters. The van der Waals surface area contributed by atoms with Crippen LogP contribution in [0.15, 0.2) is 10.6 Å². The van der Waals surface area contributed by atoms with E-state index in [4.69, 9.17) is 4.52 Å². The topological polar surface area (TPSA) is 66.7 Å². The number of rotatable bonds is 3. The second kappa shape index (κ2) is 6.46. The van der Waals surface area contributed by atoms with Crippen molar-refractivity contribution in [1.29, 1.82) is 0 Å². The van der Waals surface area contributed by atoms with Crippen LogP contribution in [0.3, 0.4) is 0 Å². The van der Waals surface area contributed by atoms with E-state index in [1.165, 1.54) is 0 Å². The smallest absolute Gasteiger partial charge is 0.276 e. The molecule has 3 fully saturated rings. The number of fused-ring (bicyclic) bond motifs is 4. The zero-order valence-electron chi connectivity index (χ0n) is 15.1. The molecule has 0 saturated carbocycles. The van der Waals surface area contributed by atoms with E-state index < -0.39 is 0 Å². The van der Waals surface area contributed by atoms with Crippen molar-refractivity contribution in [2.75, 3.05) is 13.1 Å². The Morgan fingerprint density at radius 3 is 2.88 bits per heavy atom. The Morgan fingerprint density at radius 1 is 1.36 bits per heavy atom. The van der Waals surface area contributed by atoms with Crippen LogP contribution >= 0.6 is 0 Å². The van der Waals surface area contributed by atoms with Crippen molar-refractivity contribution in [1.82, 2.24) is 15.0 Å². The molecule has 3 aliphatic rings. The minimum absolute atomic E-state index is 0.0302. The highest BCUT2D eigenvalue weighted by Gasteiger charge is 2.49. The maximum Gasteiger partial charge on any atom is 0.276 e. The Morgan fingerprint density at radius 2 is 2.16 bits per heavy atom. The molecular formula is C19H27N3O3. The summed E-state index contributed by atoms with van der Waals surface area (Å²) in [7, 11) is 0. The van der Waals surface area contributed by atoms with E-state index in [1.807, 2.05) is 4.90 Å². The molecule has 0 spiro atoms. The maximum absolute atomic E-state index is 12.9. The largest absolute Gasteiger partial charge is 0.361 e. The van der Waals surface area contributed by atoms with Crippen molar-refractivity contribution in [3.05, 3.63) is 17.5 Å². The minimum atomic E-state index is -0.0302. The van der Waals surface area contributed by atoms with Gasteiger partial charge in [0.15, 0.2) is 5.69 Å². The van der Waals surface area contributed by atoms with Crippen molar-refractivity contribution in [2.45, 2.75) is 64.5 Å². The molecule has 3 saturated heterocycles. The second-order valence-corrected chi connectivity index (χ2v) is 7.91. The number of aromatic nitrogens is 1. The molecule has 4 heterocycles. The van der Waals surface area contributed by atoms with Gasteiger partial charge in [-0.2, -0.15) is 0 Å². The van der Waals surface area contributed by atoms with E-state index in [-0.39, 0.29) is 11.9 Å². The first kappa shape index (κ1) is 16.6. The summed E-state index contributed by atoms with van der Waals surface area (Å²) >= 11 is 0. The lowest BCUT2D eigenvalue weighted by molar-refractivity contribution is -0.152. The molecule has 6 heteroatoms. The molecule has 4 rings (SSSR count). The van der Waals surface area contributed by atoms with E-state index >= 15 is 0 Å². The van der Waals surface area contributed by atoms with Crippen LogP contribution in [-0.2, 0) is 4.79 Å². The fraction of sp³-hybridized carbons (Fsp3) is 0.737. The Bertz CT molecular complexity index is 671. The van der Waals surface area contributed by atoms with Gasteiger partial charge in [-0.1, -0.05) is 18.5 Å². The highest BCUT2D eigenvalue weighted by atomic mass is 16.5. The normalized spacial score (nSPS) is 31.8. The lowest BCUT2D eigenvalue weighted by atomic mass is 9.71. The zero-order chi connectivity index (χ0) is 17.6. The van der Waals surface area contributed by atoms with Gasteiger partial charge in [0.25, 0.3) is 5.91 Å². The molecule has 1 aromatic heterocycles. The molecule has 2 amide bonds. The molecular weight excluding hydrogens is 318 g/mol. The molecule has 0 aromatic carbocycles. The number of hydrogen-bond acceptors (Lipinski definition) is 4. The minimum Gasteiger partial charge on any atom is -0.361 e. The van der Waals surface area contributed by atoms with E-state index in [9.17, 15) is 9.59 Å². The van der Waals surface area contributed by atoms with Gasteiger partial charge in [-0.3, -0.25) is 9.59 Å². The van der Waals surface area contributed by atoms with Crippen molar-refractivity contribution < 1.29 is 14.1 Å². The average molecular weight is 345 g/mol. The number of hydrogen-bond donors (Lipinski definition) is 0. The van der Waals surface area contributed by atoms with E-state index in [0.29, 0.717) is 41.7 Å². The molecule has 25 heavy (non-hydrogen) atoms. The number of likely N-dealkylation sites (tertiary alicyclic amines) is 1. The van der Waals surface area contributed by atoms with Crippen LogP contribution in [-0.4, -0.2) is 51.9 Å². The maximum atomic E-state index is 12.9. The first-order valence-corrected chi connectivity index (χ1v) is 9.62. The molecule has 0 aliphatic carbocycles. The van der Waals surface area contributed by atoms with E-state index in [0.717, 1.165) is 45.2 Å². The molecule has 2 bridgehead atoms. The highest BCUT2D eigenvalue weighted by molar-refractivity contribution is 5.92. The number of carbonyl (C=O) groups excluding carboxylic acids is 2. The number of carbonyl (C=O) groups is 2. The van der Waals surface area contributed by atoms with Crippen LogP contribution in [0.1, 0.15) is 61.7 Å². The van der Waals surface area contributed by atoms with Crippen LogP contribution in [0.4, 0.5) is 0 Å². The Kier molecular flexibility index (Phi) is 4.29.